The van der Waals surface area contributed by atoms with Crippen LogP contribution in [0.4, 0.5) is 0 Å². The fourth-order valence-corrected chi connectivity index (χ4v) is 4.24. The molecule has 0 spiro atoms. The minimum absolute atomic E-state index is 0.0417. The van der Waals surface area contributed by atoms with Crippen LogP contribution in [0.25, 0.3) is 0 Å². The summed E-state index contributed by atoms with van der Waals surface area (Å²) in [4.78, 5) is 13.1. The number of nitrogens with zero attached hydrogens (tertiary/aromatic N) is 1. The van der Waals surface area contributed by atoms with Crippen LogP contribution in [0.5, 0.6) is 10.8 Å². The van der Waals surface area contributed by atoms with Gasteiger partial charge in [0.15, 0.2) is 5.06 Å². The van der Waals surface area contributed by atoms with Crippen LogP contribution >= 0.6 is 11.3 Å². The minimum atomic E-state index is -0.0417. The molecule has 0 radical (unpaired) electrons. The van der Waals surface area contributed by atoms with E-state index in [0.717, 1.165) is 12.8 Å². The van der Waals surface area contributed by atoms with E-state index in [0.29, 0.717) is 33.3 Å². The summed E-state index contributed by atoms with van der Waals surface area (Å²) in [7, 11) is 0. The second-order valence-corrected chi connectivity index (χ2v) is 7.27. The predicted octanol–water partition coefficient (Wildman–Crippen LogP) is 3.03. The maximum absolute atomic E-state index is 12.4. The Morgan fingerprint density at radius 3 is 3.00 bits per heavy atom. The highest BCUT2D eigenvalue weighted by atomic mass is 32.1. The van der Waals surface area contributed by atoms with Crippen molar-refractivity contribution in [2.45, 2.75) is 37.4 Å². The summed E-state index contributed by atoms with van der Waals surface area (Å²) < 4.78 is 5.75. The van der Waals surface area contributed by atoms with Crippen molar-refractivity contribution in [1.29, 1.82) is 5.26 Å². The Labute approximate surface area is 144 Å². The van der Waals surface area contributed by atoms with Gasteiger partial charge in [-0.15, -0.1) is 0 Å². The smallest absolute Gasteiger partial charge is 0.261 e. The van der Waals surface area contributed by atoms with E-state index in [1.807, 2.05) is 0 Å². The first-order valence-electron chi connectivity index (χ1n) is 8.06. The van der Waals surface area contributed by atoms with E-state index in [9.17, 15) is 4.79 Å². The molecule has 2 fully saturated rings. The summed E-state index contributed by atoms with van der Waals surface area (Å²) in [6, 6.07) is 13.8. The summed E-state index contributed by atoms with van der Waals surface area (Å²) >= 11 is 1.32. The van der Waals surface area contributed by atoms with Crippen molar-refractivity contribution < 1.29 is 9.53 Å². The minimum Gasteiger partial charge on any atom is -0.447 e. The van der Waals surface area contributed by atoms with E-state index in [1.165, 1.54) is 17.8 Å². The molecule has 2 saturated heterocycles. The first-order valence-corrected chi connectivity index (χ1v) is 8.88. The molecule has 3 atom stereocenters. The largest absolute Gasteiger partial charge is 0.447 e. The van der Waals surface area contributed by atoms with Crippen LogP contribution in [0.15, 0.2) is 36.4 Å². The molecule has 1 aromatic heterocycles. The van der Waals surface area contributed by atoms with Crippen LogP contribution in [-0.4, -0.2) is 24.0 Å². The Bertz CT molecular complexity index is 811. The van der Waals surface area contributed by atoms with Gasteiger partial charge in [0.25, 0.3) is 5.91 Å². The number of hydrogen-bond donors (Lipinski definition) is 2. The number of ether oxygens (including phenoxy) is 1. The third kappa shape index (κ3) is 3.01. The normalized spacial score (nSPS) is 24.5. The lowest BCUT2D eigenvalue weighted by Crippen LogP contribution is -2.42. The molecule has 2 N–H and O–H groups in total. The summed E-state index contributed by atoms with van der Waals surface area (Å²) in [5, 5.41) is 16.2. The number of carbonyl (C=O) groups is 1. The predicted molar refractivity (Wildman–Crippen MR) is 91.4 cm³/mol. The molecular weight excluding hydrogens is 322 g/mol. The average molecular weight is 339 g/mol. The van der Waals surface area contributed by atoms with E-state index in [2.05, 4.69) is 16.7 Å². The molecule has 2 bridgehead atoms. The van der Waals surface area contributed by atoms with Crippen molar-refractivity contribution in [3.63, 3.8) is 0 Å². The lowest BCUT2D eigenvalue weighted by molar-refractivity contribution is 0.0935. The van der Waals surface area contributed by atoms with Gasteiger partial charge in [-0.2, -0.15) is 5.26 Å². The topological polar surface area (TPSA) is 74.1 Å². The molecule has 1 aromatic carbocycles. The van der Waals surface area contributed by atoms with E-state index >= 15 is 0 Å². The van der Waals surface area contributed by atoms with Crippen LogP contribution in [0, 0.1) is 11.3 Å². The van der Waals surface area contributed by atoms with Gasteiger partial charge < -0.3 is 15.4 Å². The Hall–Kier alpha value is -2.36. The SMILES string of the molecule is N#Cc1cccc(Oc2ccc(C(=O)N[C@@H]3C[C@H]4CC[C@@H]3N4)s2)c1. The Morgan fingerprint density at radius 1 is 1.33 bits per heavy atom. The van der Waals surface area contributed by atoms with E-state index in [-0.39, 0.29) is 11.9 Å². The Morgan fingerprint density at radius 2 is 2.25 bits per heavy atom. The van der Waals surface area contributed by atoms with Crippen molar-refractivity contribution >= 4 is 17.2 Å². The number of amides is 1. The molecule has 0 saturated carbocycles. The average Bonchev–Trinajstić information content (AvgIpc) is 3.31. The summed E-state index contributed by atoms with van der Waals surface area (Å²) in [5.41, 5.74) is 0.547. The van der Waals surface area contributed by atoms with E-state index in [1.54, 1.807) is 36.4 Å². The molecule has 6 heteroatoms. The number of carbonyl (C=O) groups excluding carboxylic acids is 1. The lowest BCUT2D eigenvalue weighted by Gasteiger charge is -2.20. The molecule has 2 aliphatic heterocycles. The van der Waals surface area contributed by atoms with Crippen LogP contribution in [0.1, 0.15) is 34.5 Å². The van der Waals surface area contributed by atoms with Gasteiger partial charge in [-0.3, -0.25) is 4.79 Å². The first-order chi connectivity index (χ1) is 11.7. The molecule has 2 aromatic rings. The summed E-state index contributed by atoms with van der Waals surface area (Å²) in [6.45, 7) is 0. The van der Waals surface area contributed by atoms with Gasteiger partial charge in [-0.25, -0.2) is 0 Å². The maximum Gasteiger partial charge on any atom is 0.261 e. The molecule has 24 heavy (non-hydrogen) atoms. The quantitative estimate of drug-likeness (QED) is 0.898. The molecule has 122 valence electrons. The molecule has 0 unspecified atom stereocenters. The Balaban J connectivity index is 1.40. The number of benzene rings is 1. The molecule has 1 amide bonds. The number of fused-ring (bicyclic) bond motifs is 2. The number of nitrogens with one attached hydrogen (secondary N) is 2. The number of rotatable bonds is 4. The van der Waals surface area contributed by atoms with Crippen molar-refractivity contribution in [2.24, 2.45) is 0 Å². The molecule has 2 aliphatic rings. The highest BCUT2D eigenvalue weighted by molar-refractivity contribution is 7.15. The molecule has 3 heterocycles. The van der Waals surface area contributed by atoms with E-state index < -0.39 is 0 Å². The number of thiophene rings is 1. The third-order valence-corrected chi connectivity index (χ3v) is 5.57. The molecule has 4 rings (SSSR count). The zero-order chi connectivity index (χ0) is 16.5. The van der Waals surface area contributed by atoms with Crippen LogP contribution in [-0.2, 0) is 0 Å². The Kier molecular flexibility index (Phi) is 3.97. The second-order valence-electron chi connectivity index (χ2n) is 6.22. The standard InChI is InChI=1S/C18H17N3O2S/c19-10-11-2-1-3-13(8-11)23-17-7-6-16(24-17)18(22)21-15-9-12-4-5-14(15)20-12/h1-3,6-8,12,14-15,20H,4-5,9H2,(H,21,22)/t12-,14+,15-/m1/s1. The van der Waals surface area contributed by atoms with E-state index in [4.69, 9.17) is 10.00 Å². The van der Waals surface area contributed by atoms with Gasteiger partial charge in [0.05, 0.1) is 16.5 Å². The van der Waals surface area contributed by atoms with Gasteiger partial charge >= 0.3 is 0 Å². The number of hydrogen-bond acceptors (Lipinski definition) is 5. The lowest BCUT2D eigenvalue weighted by atomic mass is 9.95. The molecule has 0 aliphatic carbocycles. The van der Waals surface area contributed by atoms with Crippen molar-refractivity contribution in [1.82, 2.24) is 10.6 Å². The monoisotopic (exact) mass is 339 g/mol. The zero-order valence-electron chi connectivity index (χ0n) is 13.0. The van der Waals surface area contributed by atoms with Crippen LogP contribution in [0.2, 0.25) is 0 Å². The van der Waals surface area contributed by atoms with Crippen molar-refractivity contribution in [2.75, 3.05) is 0 Å². The van der Waals surface area contributed by atoms with Gasteiger partial charge in [-0.1, -0.05) is 17.4 Å². The van der Waals surface area contributed by atoms with Gasteiger partial charge in [0.1, 0.15) is 5.75 Å². The first kappa shape index (κ1) is 15.2. The highest BCUT2D eigenvalue weighted by Gasteiger charge is 2.39. The molecule has 5 nitrogen and oxygen atoms in total. The van der Waals surface area contributed by atoms with Crippen LogP contribution < -0.4 is 15.4 Å². The summed E-state index contributed by atoms with van der Waals surface area (Å²) in [5.74, 6) is 0.556. The van der Waals surface area contributed by atoms with Crippen LogP contribution in [0.3, 0.4) is 0 Å². The molecular formula is C18H17N3O2S. The zero-order valence-corrected chi connectivity index (χ0v) is 13.8. The highest BCUT2D eigenvalue weighted by Crippen LogP contribution is 2.31. The second kappa shape index (κ2) is 6.27. The van der Waals surface area contributed by atoms with Crippen molar-refractivity contribution in [3.05, 3.63) is 46.8 Å². The number of nitriles is 1. The third-order valence-electron chi connectivity index (χ3n) is 4.60. The maximum atomic E-state index is 12.4. The fraction of sp³-hybridized carbons (Fsp3) is 0.333. The van der Waals surface area contributed by atoms with Gasteiger partial charge in [-0.05, 0) is 49.6 Å². The van der Waals surface area contributed by atoms with Crippen molar-refractivity contribution in [3.8, 4) is 16.9 Å². The van der Waals surface area contributed by atoms with Gasteiger partial charge in [0.2, 0.25) is 0 Å². The van der Waals surface area contributed by atoms with Gasteiger partial charge in [0, 0.05) is 18.1 Å². The summed E-state index contributed by atoms with van der Waals surface area (Å²) in [6.07, 6.45) is 3.38. The fourth-order valence-electron chi connectivity index (χ4n) is 3.47.